The molecule has 3 rings (SSSR count). The SMILES string of the molecule is CN=C(NCCCCOc1ccc(C)cc1)N1CCC2(CCOC2)C1.I. The van der Waals surface area contributed by atoms with E-state index in [0.29, 0.717) is 5.41 Å². The Kier molecular flexibility index (Phi) is 8.47. The number of unbranched alkanes of at least 4 members (excludes halogenated alkanes) is 1. The predicted molar refractivity (Wildman–Crippen MR) is 117 cm³/mol. The summed E-state index contributed by atoms with van der Waals surface area (Å²) in [6.07, 6.45) is 4.53. The lowest BCUT2D eigenvalue weighted by molar-refractivity contribution is 0.156. The molecule has 26 heavy (non-hydrogen) atoms. The minimum Gasteiger partial charge on any atom is -0.494 e. The molecule has 5 nitrogen and oxygen atoms in total. The minimum atomic E-state index is 0. The van der Waals surface area contributed by atoms with E-state index in [0.717, 1.165) is 64.0 Å². The van der Waals surface area contributed by atoms with E-state index >= 15 is 0 Å². The van der Waals surface area contributed by atoms with Crippen molar-refractivity contribution in [3.63, 3.8) is 0 Å². The molecule has 1 N–H and O–H groups in total. The first-order valence-electron chi connectivity index (χ1n) is 9.44. The zero-order valence-electron chi connectivity index (χ0n) is 16.0. The maximum Gasteiger partial charge on any atom is 0.193 e. The van der Waals surface area contributed by atoms with Crippen LogP contribution in [0.25, 0.3) is 0 Å². The second-order valence-corrected chi connectivity index (χ2v) is 7.32. The van der Waals surface area contributed by atoms with Crippen molar-refractivity contribution in [2.75, 3.05) is 46.5 Å². The maximum atomic E-state index is 5.78. The van der Waals surface area contributed by atoms with E-state index in [4.69, 9.17) is 9.47 Å². The number of nitrogens with one attached hydrogen (secondary N) is 1. The second kappa shape index (κ2) is 10.3. The van der Waals surface area contributed by atoms with Crippen molar-refractivity contribution >= 4 is 29.9 Å². The van der Waals surface area contributed by atoms with Gasteiger partial charge in [0.1, 0.15) is 5.75 Å². The average Bonchev–Trinajstić information content (AvgIpc) is 3.26. The number of aryl methyl sites for hydroxylation is 1. The molecule has 2 heterocycles. The highest BCUT2D eigenvalue weighted by Gasteiger charge is 2.42. The number of nitrogens with zero attached hydrogens (tertiary/aromatic N) is 2. The number of guanidine groups is 1. The maximum absolute atomic E-state index is 5.78. The zero-order chi connectivity index (χ0) is 17.5. The normalized spacial score (nSPS) is 22.5. The fourth-order valence-electron chi connectivity index (χ4n) is 3.67. The summed E-state index contributed by atoms with van der Waals surface area (Å²) in [5, 5.41) is 3.50. The van der Waals surface area contributed by atoms with Gasteiger partial charge in [0.15, 0.2) is 5.96 Å². The molecule has 1 unspecified atom stereocenters. The van der Waals surface area contributed by atoms with Gasteiger partial charge in [0, 0.05) is 38.7 Å². The molecule has 0 amide bonds. The number of rotatable bonds is 6. The lowest BCUT2D eigenvalue weighted by atomic mass is 9.87. The van der Waals surface area contributed by atoms with E-state index in [1.807, 2.05) is 19.2 Å². The van der Waals surface area contributed by atoms with Crippen LogP contribution in [0.3, 0.4) is 0 Å². The highest BCUT2D eigenvalue weighted by molar-refractivity contribution is 14.0. The minimum absolute atomic E-state index is 0. The van der Waals surface area contributed by atoms with Gasteiger partial charge >= 0.3 is 0 Å². The first-order valence-corrected chi connectivity index (χ1v) is 9.44. The van der Waals surface area contributed by atoms with Crippen LogP contribution in [0.1, 0.15) is 31.2 Å². The van der Waals surface area contributed by atoms with Crippen LogP contribution in [0, 0.1) is 12.3 Å². The Labute approximate surface area is 174 Å². The molecule has 0 aliphatic carbocycles. The molecular weight excluding hydrogens is 441 g/mol. The van der Waals surface area contributed by atoms with Crippen molar-refractivity contribution < 1.29 is 9.47 Å². The van der Waals surface area contributed by atoms with E-state index in [-0.39, 0.29) is 24.0 Å². The van der Waals surface area contributed by atoms with E-state index < -0.39 is 0 Å². The van der Waals surface area contributed by atoms with Crippen molar-refractivity contribution in [1.29, 1.82) is 0 Å². The molecule has 6 heteroatoms. The Bertz CT molecular complexity index is 571. The summed E-state index contributed by atoms with van der Waals surface area (Å²) in [7, 11) is 1.87. The molecule has 2 aliphatic heterocycles. The lowest BCUT2D eigenvalue weighted by Gasteiger charge is -2.24. The zero-order valence-corrected chi connectivity index (χ0v) is 18.3. The monoisotopic (exact) mass is 473 g/mol. The Balaban J connectivity index is 0.00000243. The summed E-state index contributed by atoms with van der Waals surface area (Å²) in [6, 6.07) is 8.23. The molecule has 0 aromatic heterocycles. The lowest BCUT2D eigenvalue weighted by Crippen LogP contribution is -2.41. The van der Waals surface area contributed by atoms with Crippen LogP contribution in [0.2, 0.25) is 0 Å². The molecule has 0 bridgehead atoms. The van der Waals surface area contributed by atoms with Crippen LogP contribution in [-0.4, -0.2) is 57.4 Å². The van der Waals surface area contributed by atoms with Gasteiger partial charge < -0.3 is 19.7 Å². The number of likely N-dealkylation sites (tertiary alicyclic amines) is 1. The highest BCUT2D eigenvalue weighted by Crippen LogP contribution is 2.38. The van der Waals surface area contributed by atoms with Gasteiger partial charge in [-0.15, -0.1) is 24.0 Å². The molecule has 1 aromatic rings. The van der Waals surface area contributed by atoms with Crippen LogP contribution in [-0.2, 0) is 4.74 Å². The highest BCUT2D eigenvalue weighted by atomic mass is 127. The summed E-state index contributed by atoms with van der Waals surface area (Å²) >= 11 is 0. The largest absolute Gasteiger partial charge is 0.494 e. The third kappa shape index (κ3) is 5.74. The molecular formula is C20H32IN3O2. The van der Waals surface area contributed by atoms with Crippen LogP contribution < -0.4 is 10.1 Å². The van der Waals surface area contributed by atoms with Gasteiger partial charge in [0.2, 0.25) is 0 Å². The first kappa shape index (κ1) is 21.3. The van der Waals surface area contributed by atoms with Crippen molar-refractivity contribution in [3.8, 4) is 5.75 Å². The van der Waals surface area contributed by atoms with Gasteiger partial charge in [0.25, 0.3) is 0 Å². The summed E-state index contributed by atoms with van der Waals surface area (Å²) in [6.45, 7) is 7.77. The van der Waals surface area contributed by atoms with E-state index in [1.165, 1.54) is 18.4 Å². The average molecular weight is 473 g/mol. The topological polar surface area (TPSA) is 46.1 Å². The molecule has 1 atom stereocenters. The number of ether oxygens (including phenoxy) is 2. The van der Waals surface area contributed by atoms with Crippen molar-refractivity contribution in [2.45, 2.75) is 32.6 Å². The Morgan fingerprint density at radius 2 is 2.08 bits per heavy atom. The molecule has 0 radical (unpaired) electrons. The standard InChI is InChI=1S/C20H31N3O2.HI/c1-17-5-7-18(8-6-17)25-13-4-3-11-22-19(21-2)23-12-9-20(15-23)10-14-24-16-20;/h5-8H,3-4,9-16H2,1-2H3,(H,21,22);1H. The number of halogens is 1. The number of aliphatic imine (C=N–C) groups is 1. The van der Waals surface area contributed by atoms with Gasteiger partial charge in [-0.25, -0.2) is 0 Å². The van der Waals surface area contributed by atoms with E-state index in [9.17, 15) is 0 Å². The number of hydrogen-bond acceptors (Lipinski definition) is 3. The summed E-state index contributed by atoms with van der Waals surface area (Å²) in [4.78, 5) is 6.84. The molecule has 1 spiro atoms. The van der Waals surface area contributed by atoms with Gasteiger partial charge in [-0.05, 0) is 44.7 Å². The van der Waals surface area contributed by atoms with Crippen molar-refractivity contribution in [1.82, 2.24) is 10.2 Å². The van der Waals surface area contributed by atoms with Gasteiger partial charge in [-0.3, -0.25) is 4.99 Å². The van der Waals surface area contributed by atoms with Crippen LogP contribution >= 0.6 is 24.0 Å². The number of hydrogen-bond donors (Lipinski definition) is 1. The van der Waals surface area contributed by atoms with Crippen molar-refractivity contribution in [2.24, 2.45) is 10.4 Å². The predicted octanol–water partition coefficient (Wildman–Crippen LogP) is 3.46. The summed E-state index contributed by atoms with van der Waals surface area (Å²) < 4.78 is 11.4. The third-order valence-corrected chi connectivity index (χ3v) is 5.28. The summed E-state index contributed by atoms with van der Waals surface area (Å²) in [5.41, 5.74) is 1.63. The number of benzene rings is 1. The molecule has 2 fully saturated rings. The quantitative estimate of drug-likeness (QED) is 0.298. The molecule has 1 aromatic carbocycles. The molecule has 0 saturated carbocycles. The van der Waals surface area contributed by atoms with E-state index in [2.05, 4.69) is 34.3 Å². The fourth-order valence-corrected chi connectivity index (χ4v) is 3.67. The molecule has 146 valence electrons. The summed E-state index contributed by atoms with van der Waals surface area (Å²) in [5.74, 6) is 1.98. The van der Waals surface area contributed by atoms with Crippen LogP contribution in [0.5, 0.6) is 5.75 Å². The fraction of sp³-hybridized carbons (Fsp3) is 0.650. The van der Waals surface area contributed by atoms with E-state index in [1.54, 1.807) is 0 Å². The van der Waals surface area contributed by atoms with Crippen LogP contribution in [0.15, 0.2) is 29.3 Å². The Hall–Kier alpha value is -1.02. The first-order chi connectivity index (χ1) is 12.2. The molecule has 2 aliphatic rings. The Morgan fingerprint density at radius 3 is 2.77 bits per heavy atom. The van der Waals surface area contributed by atoms with Gasteiger partial charge in [-0.1, -0.05) is 17.7 Å². The van der Waals surface area contributed by atoms with Gasteiger partial charge in [-0.2, -0.15) is 0 Å². The van der Waals surface area contributed by atoms with Crippen LogP contribution in [0.4, 0.5) is 0 Å². The van der Waals surface area contributed by atoms with Crippen molar-refractivity contribution in [3.05, 3.63) is 29.8 Å². The van der Waals surface area contributed by atoms with Gasteiger partial charge in [0.05, 0.1) is 13.2 Å². The third-order valence-electron chi connectivity index (χ3n) is 5.28. The second-order valence-electron chi connectivity index (χ2n) is 7.32. The molecule has 2 saturated heterocycles. The Morgan fingerprint density at radius 1 is 1.27 bits per heavy atom. The smallest absolute Gasteiger partial charge is 0.193 e.